The highest BCUT2D eigenvalue weighted by Gasteiger charge is 1.89. The topological polar surface area (TPSA) is 49.8 Å². The third kappa shape index (κ3) is 1.74. The van der Waals surface area contributed by atoms with E-state index in [1.165, 1.54) is 0 Å². The Morgan fingerprint density at radius 2 is 2.50 bits per heavy atom. The van der Waals surface area contributed by atoms with Crippen LogP contribution in [0.25, 0.3) is 0 Å². The molecule has 0 aliphatic heterocycles. The summed E-state index contributed by atoms with van der Waals surface area (Å²) in [4.78, 5) is 0. The predicted molar refractivity (Wildman–Crippen MR) is 23.5 cm³/mol. The Morgan fingerprint density at radius 3 is 2.50 bits per heavy atom. The molecule has 0 saturated carbocycles. The van der Waals surface area contributed by atoms with Gasteiger partial charge in [0.15, 0.2) is 0 Å². The first-order valence-electron chi connectivity index (χ1n) is 1.74. The minimum absolute atomic E-state index is 0.231. The van der Waals surface area contributed by atoms with E-state index in [1.54, 1.807) is 0 Å². The Kier molecular flexibility index (Phi) is 2.43. The molecular weight excluding hydrogens is 76.1 g/mol. The summed E-state index contributed by atoms with van der Waals surface area (Å²) in [5.74, 6) is -0.231. The smallest absolute Gasteiger partial charge is 0.0669 e. The van der Waals surface area contributed by atoms with E-state index in [2.05, 4.69) is 6.92 Å². The summed E-state index contributed by atoms with van der Waals surface area (Å²) in [6.45, 7) is 3.75. The van der Waals surface area contributed by atoms with Gasteiger partial charge in [-0.25, -0.2) is 0 Å². The summed E-state index contributed by atoms with van der Waals surface area (Å²) < 4.78 is 0. The number of hydrogen-bond acceptors (Lipinski definition) is 2. The van der Waals surface area contributed by atoms with Gasteiger partial charge in [0.25, 0.3) is 0 Å². The molecule has 0 rings (SSSR count). The first-order chi connectivity index (χ1) is 2.81. The second kappa shape index (κ2) is 2.67. The molecule has 0 fully saturated rings. The van der Waals surface area contributed by atoms with Crippen molar-refractivity contribution in [3.63, 3.8) is 0 Å². The molecule has 6 heavy (non-hydrogen) atoms. The van der Waals surface area contributed by atoms with Crippen LogP contribution < -0.4 is 5.73 Å². The number of nitrogens with two attached hydrogens (primary N) is 1. The zero-order chi connectivity index (χ0) is 4.99. The number of nitrogens with zero attached hydrogens (tertiary/aromatic N) is 1. The van der Waals surface area contributed by atoms with E-state index in [0.29, 0.717) is 6.54 Å². The third-order valence-corrected chi connectivity index (χ3v) is 0.467. The van der Waals surface area contributed by atoms with Gasteiger partial charge in [-0.1, -0.05) is 0 Å². The van der Waals surface area contributed by atoms with Gasteiger partial charge in [-0.15, -0.1) is 0 Å². The Bertz CT molecular complexity index is 62.4. The first kappa shape index (κ1) is 5.45. The second-order valence-corrected chi connectivity index (χ2v) is 1.06. The summed E-state index contributed by atoms with van der Waals surface area (Å²) in [5.41, 5.74) is 5.00. The highest BCUT2D eigenvalue weighted by atomic mass is 14.5. The van der Waals surface area contributed by atoms with Gasteiger partial charge in [0.05, 0.1) is 12.0 Å². The largest absolute Gasteiger partial charge is 0.329 e. The fourth-order valence-corrected chi connectivity index (χ4v) is 0.0527. The average molecular weight is 83.1 g/mol. The molecule has 0 spiro atoms. The molecule has 1 radical (unpaired) electrons. The van der Waals surface area contributed by atoms with Crippen molar-refractivity contribution in [1.82, 2.24) is 0 Å². The SMILES string of the molecule is [CH2]C(C#N)CN. The van der Waals surface area contributed by atoms with Crippen molar-refractivity contribution >= 4 is 0 Å². The van der Waals surface area contributed by atoms with Gasteiger partial charge in [0, 0.05) is 6.54 Å². The van der Waals surface area contributed by atoms with Crippen molar-refractivity contribution in [3.8, 4) is 6.07 Å². The minimum Gasteiger partial charge on any atom is -0.329 e. The molecule has 1 atom stereocenters. The number of hydrogen-bond donors (Lipinski definition) is 1. The number of nitriles is 1. The molecular formula is C4H7N2. The lowest BCUT2D eigenvalue weighted by atomic mass is 10.2. The van der Waals surface area contributed by atoms with Gasteiger partial charge in [0.1, 0.15) is 0 Å². The van der Waals surface area contributed by atoms with Crippen molar-refractivity contribution in [2.24, 2.45) is 11.7 Å². The van der Waals surface area contributed by atoms with Crippen molar-refractivity contribution in [3.05, 3.63) is 6.92 Å². The predicted octanol–water partition coefficient (Wildman–Crippen LogP) is -0.0810. The van der Waals surface area contributed by atoms with Crippen molar-refractivity contribution in [1.29, 1.82) is 5.26 Å². The minimum atomic E-state index is -0.231. The maximum atomic E-state index is 7.94. The standard InChI is InChI=1S/C4H7N2/c1-4(2-5)3-6/h4H,1-2,5H2. The first-order valence-corrected chi connectivity index (χ1v) is 1.74. The lowest BCUT2D eigenvalue weighted by Gasteiger charge is -1.87. The second-order valence-electron chi connectivity index (χ2n) is 1.06. The van der Waals surface area contributed by atoms with Crippen LogP contribution in [0.3, 0.4) is 0 Å². The molecule has 2 N–H and O–H groups in total. The third-order valence-electron chi connectivity index (χ3n) is 0.467. The van der Waals surface area contributed by atoms with Crippen LogP contribution in [0.2, 0.25) is 0 Å². The van der Waals surface area contributed by atoms with Gasteiger partial charge in [-0.2, -0.15) is 5.26 Å². The Morgan fingerprint density at radius 1 is 2.00 bits per heavy atom. The molecule has 1 unspecified atom stereocenters. The average Bonchev–Trinajstić information content (AvgIpc) is 1.65. The lowest BCUT2D eigenvalue weighted by molar-refractivity contribution is 0.831. The molecule has 33 valence electrons. The van der Waals surface area contributed by atoms with E-state index in [-0.39, 0.29) is 5.92 Å². The maximum Gasteiger partial charge on any atom is 0.0669 e. The van der Waals surface area contributed by atoms with Crippen molar-refractivity contribution in [2.45, 2.75) is 0 Å². The molecule has 0 bridgehead atoms. The van der Waals surface area contributed by atoms with E-state index in [1.807, 2.05) is 6.07 Å². The van der Waals surface area contributed by atoms with Gasteiger partial charge < -0.3 is 5.73 Å². The van der Waals surface area contributed by atoms with Crippen molar-refractivity contribution in [2.75, 3.05) is 6.54 Å². The quantitative estimate of drug-likeness (QED) is 0.482. The summed E-state index contributed by atoms with van der Waals surface area (Å²) in [6.07, 6.45) is 0. The molecule has 0 aliphatic carbocycles. The summed E-state index contributed by atoms with van der Waals surface area (Å²) in [6, 6.07) is 1.88. The summed E-state index contributed by atoms with van der Waals surface area (Å²) in [7, 11) is 0. The molecule has 0 aromatic carbocycles. The van der Waals surface area contributed by atoms with Gasteiger partial charge in [-0.3, -0.25) is 0 Å². The van der Waals surface area contributed by atoms with Crippen LogP contribution in [0.4, 0.5) is 0 Å². The van der Waals surface area contributed by atoms with Crippen LogP contribution >= 0.6 is 0 Å². The van der Waals surface area contributed by atoms with Crippen LogP contribution in [0, 0.1) is 24.2 Å². The fourth-order valence-electron chi connectivity index (χ4n) is 0.0527. The van der Waals surface area contributed by atoms with E-state index in [0.717, 1.165) is 0 Å². The summed E-state index contributed by atoms with van der Waals surface area (Å²) >= 11 is 0. The molecule has 0 heterocycles. The molecule has 2 nitrogen and oxygen atoms in total. The van der Waals surface area contributed by atoms with Gasteiger partial charge in [0.2, 0.25) is 0 Å². The number of rotatable bonds is 1. The molecule has 0 aromatic rings. The molecule has 0 aliphatic rings. The van der Waals surface area contributed by atoms with Crippen molar-refractivity contribution < 1.29 is 0 Å². The van der Waals surface area contributed by atoms with Crippen LogP contribution in [0.15, 0.2) is 0 Å². The van der Waals surface area contributed by atoms with Crippen LogP contribution in [0.5, 0.6) is 0 Å². The highest BCUT2D eigenvalue weighted by Crippen LogP contribution is 1.81. The van der Waals surface area contributed by atoms with Crippen LogP contribution in [-0.4, -0.2) is 6.54 Å². The lowest BCUT2D eigenvalue weighted by Crippen LogP contribution is -2.07. The summed E-state index contributed by atoms with van der Waals surface area (Å²) in [5, 5.41) is 7.94. The van der Waals surface area contributed by atoms with Crippen LogP contribution in [-0.2, 0) is 0 Å². The molecule has 0 amide bonds. The van der Waals surface area contributed by atoms with E-state index in [4.69, 9.17) is 11.0 Å². The highest BCUT2D eigenvalue weighted by molar-refractivity contribution is 4.84. The molecule has 0 saturated heterocycles. The monoisotopic (exact) mass is 83.1 g/mol. The zero-order valence-electron chi connectivity index (χ0n) is 3.52. The van der Waals surface area contributed by atoms with E-state index < -0.39 is 0 Å². The van der Waals surface area contributed by atoms with Gasteiger partial charge in [-0.05, 0) is 6.92 Å². The molecule has 2 heteroatoms. The fraction of sp³-hybridized carbons (Fsp3) is 0.500. The van der Waals surface area contributed by atoms with Gasteiger partial charge >= 0.3 is 0 Å². The Labute approximate surface area is 37.6 Å². The Balaban J connectivity index is 3.04. The van der Waals surface area contributed by atoms with E-state index in [9.17, 15) is 0 Å². The van der Waals surface area contributed by atoms with Crippen LogP contribution in [0.1, 0.15) is 0 Å². The Hall–Kier alpha value is -0.550. The zero-order valence-corrected chi connectivity index (χ0v) is 3.52. The maximum absolute atomic E-state index is 7.94. The van der Waals surface area contributed by atoms with E-state index >= 15 is 0 Å². The normalized spacial score (nSPS) is 12.8. The molecule has 0 aromatic heterocycles.